The molecule has 10 heteroatoms. The first kappa shape index (κ1) is 18.5. The molecule has 1 aromatic carbocycles. The van der Waals surface area contributed by atoms with Crippen LogP contribution in [-0.4, -0.2) is 37.3 Å². The molecule has 0 radical (unpaired) electrons. The number of thiophene rings is 1. The third-order valence-electron chi connectivity index (χ3n) is 4.32. The van der Waals surface area contributed by atoms with E-state index in [1.807, 2.05) is 0 Å². The van der Waals surface area contributed by atoms with E-state index in [4.69, 9.17) is 4.74 Å². The van der Waals surface area contributed by atoms with E-state index in [0.717, 1.165) is 15.2 Å². The van der Waals surface area contributed by atoms with Crippen molar-refractivity contribution in [3.8, 4) is 0 Å². The lowest BCUT2D eigenvalue weighted by molar-refractivity contribution is -0.385. The van der Waals surface area contributed by atoms with Gasteiger partial charge in [-0.15, -0.1) is 11.3 Å². The van der Waals surface area contributed by atoms with Gasteiger partial charge in [0.2, 0.25) is 10.0 Å². The van der Waals surface area contributed by atoms with Crippen LogP contribution in [0.25, 0.3) is 0 Å². The number of sulfonamides is 1. The third kappa shape index (κ3) is 3.00. The molecule has 0 amide bonds. The maximum Gasteiger partial charge on any atom is 0.328 e. The summed E-state index contributed by atoms with van der Waals surface area (Å²) in [6.07, 6.45) is 0.466. The molecule has 26 heavy (non-hydrogen) atoms. The summed E-state index contributed by atoms with van der Waals surface area (Å²) < 4.78 is 32.4. The summed E-state index contributed by atoms with van der Waals surface area (Å²) >= 11 is 1.46. The van der Waals surface area contributed by atoms with Gasteiger partial charge in [0.15, 0.2) is 0 Å². The van der Waals surface area contributed by atoms with Gasteiger partial charge in [-0.1, -0.05) is 6.07 Å². The molecule has 1 unspecified atom stereocenters. The highest BCUT2D eigenvalue weighted by Gasteiger charge is 2.42. The van der Waals surface area contributed by atoms with Crippen LogP contribution < -0.4 is 0 Å². The third-order valence-corrected chi connectivity index (χ3v) is 7.32. The number of nitro benzene ring substituents is 1. The molecule has 0 saturated carbocycles. The molecule has 8 nitrogen and oxygen atoms in total. The largest absolute Gasteiger partial charge is 0.468 e. The van der Waals surface area contributed by atoms with Gasteiger partial charge in [-0.3, -0.25) is 10.1 Å². The minimum atomic E-state index is -4.14. The fourth-order valence-electron chi connectivity index (χ4n) is 3.01. The van der Waals surface area contributed by atoms with Gasteiger partial charge in [0.05, 0.1) is 16.9 Å². The van der Waals surface area contributed by atoms with Crippen molar-refractivity contribution >= 4 is 33.0 Å². The number of esters is 1. The van der Waals surface area contributed by atoms with Crippen LogP contribution >= 0.6 is 11.3 Å². The molecule has 2 heterocycles. The van der Waals surface area contributed by atoms with E-state index in [1.165, 1.54) is 30.6 Å². The van der Waals surface area contributed by atoms with Crippen molar-refractivity contribution in [3.05, 3.63) is 55.8 Å². The Hall–Kier alpha value is -2.30. The lowest BCUT2D eigenvalue weighted by Gasteiger charge is -2.33. The van der Waals surface area contributed by atoms with Crippen molar-refractivity contribution in [1.29, 1.82) is 0 Å². The molecule has 1 atom stereocenters. The Kier molecular flexibility index (Phi) is 4.82. The number of methoxy groups -OCH3 is 1. The van der Waals surface area contributed by atoms with Crippen molar-refractivity contribution in [3.63, 3.8) is 0 Å². The molecule has 0 fully saturated rings. The van der Waals surface area contributed by atoms with Crippen molar-refractivity contribution in [2.24, 2.45) is 0 Å². The number of hydrogen-bond donors (Lipinski definition) is 0. The summed E-state index contributed by atoms with van der Waals surface area (Å²) in [6, 6.07) is 4.28. The molecule has 0 N–H and O–H groups in total. The molecular weight excluding hydrogens is 380 g/mol. The molecule has 3 rings (SSSR count). The zero-order chi connectivity index (χ0) is 19.1. The molecule has 0 saturated heterocycles. The smallest absolute Gasteiger partial charge is 0.328 e. The number of benzene rings is 1. The first-order chi connectivity index (χ1) is 12.3. The number of nitrogens with zero attached hydrogens (tertiary/aromatic N) is 2. The van der Waals surface area contributed by atoms with Crippen LogP contribution in [0.3, 0.4) is 0 Å². The normalized spacial score (nSPS) is 17.5. The van der Waals surface area contributed by atoms with Crippen LogP contribution in [0.2, 0.25) is 0 Å². The molecule has 1 aliphatic rings. The second kappa shape index (κ2) is 6.78. The summed E-state index contributed by atoms with van der Waals surface area (Å²) in [5.74, 6) is -0.684. The van der Waals surface area contributed by atoms with Gasteiger partial charge in [-0.05, 0) is 35.9 Å². The minimum Gasteiger partial charge on any atom is -0.468 e. The van der Waals surface area contributed by atoms with Crippen LogP contribution in [0.4, 0.5) is 5.69 Å². The fraction of sp³-hybridized carbons (Fsp3) is 0.312. The molecular formula is C16H16N2O6S2. The summed E-state index contributed by atoms with van der Waals surface area (Å²) in [4.78, 5) is 23.5. The van der Waals surface area contributed by atoms with Crippen molar-refractivity contribution in [1.82, 2.24) is 4.31 Å². The number of aryl methyl sites for hydroxylation is 1. The maximum absolute atomic E-state index is 13.2. The predicted molar refractivity (Wildman–Crippen MR) is 94.5 cm³/mol. The standard InChI is InChI=1S/C16H16N2O6S2/c1-10-3-4-11(18(20)21)9-14(10)26(22,23)17-7-5-13-12(6-8-25-13)15(17)16(19)24-2/h3-4,6,8-9,15H,5,7H2,1-2H3. The van der Waals surface area contributed by atoms with Crippen LogP contribution in [0.15, 0.2) is 34.5 Å². The number of carbonyl (C=O) groups excluding carboxylic acids is 1. The number of hydrogen-bond acceptors (Lipinski definition) is 7. The van der Waals surface area contributed by atoms with Gasteiger partial charge in [0.1, 0.15) is 6.04 Å². The highest BCUT2D eigenvalue weighted by Crippen LogP contribution is 2.38. The van der Waals surface area contributed by atoms with Gasteiger partial charge >= 0.3 is 5.97 Å². The Balaban J connectivity index is 2.13. The summed E-state index contributed by atoms with van der Waals surface area (Å²) in [7, 11) is -2.94. The zero-order valence-corrected chi connectivity index (χ0v) is 15.7. The van der Waals surface area contributed by atoms with Gasteiger partial charge in [0, 0.05) is 23.6 Å². The van der Waals surface area contributed by atoms with E-state index < -0.39 is 27.0 Å². The number of fused-ring (bicyclic) bond motifs is 1. The molecule has 0 spiro atoms. The lowest BCUT2D eigenvalue weighted by Crippen LogP contribution is -2.43. The highest BCUT2D eigenvalue weighted by molar-refractivity contribution is 7.89. The zero-order valence-electron chi connectivity index (χ0n) is 14.0. The summed E-state index contributed by atoms with van der Waals surface area (Å²) in [5, 5.41) is 12.8. The van der Waals surface area contributed by atoms with Gasteiger partial charge in [-0.2, -0.15) is 4.31 Å². The Morgan fingerprint density at radius 1 is 1.38 bits per heavy atom. The first-order valence-electron chi connectivity index (χ1n) is 7.68. The van der Waals surface area contributed by atoms with E-state index in [-0.39, 0.29) is 17.1 Å². The Morgan fingerprint density at radius 3 is 2.77 bits per heavy atom. The lowest BCUT2D eigenvalue weighted by atomic mass is 10.0. The topological polar surface area (TPSA) is 107 Å². The summed E-state index contributed by atoms with van der Waals surface area (Å²) in [5.41, 5.74) is 0.645. The molecule has 2 aromatic rings. The van der Waals surface area contributed by atoms with Gasteiger partial charge in [0.25, 0.3) is 5.69 Å². The number of ether oxygens (including phenoxy) is 1. The monoisotopic (exact) mass is 396 g/mol. The van der Waals surface area contributed by atoms with E-state index in [1.54, 1.807) is 18.4 Å². The van der Waals surface area contributed by atoms with Gasteiger partial charge in [-0.25, -0.2) is 13.2 Å². The Bertz CT molecular complexity index is 982. The average molecular weight is 396 g/mol. The van der Waals surface area contributed by atoms with Crippen molar-refractivity contribution in [2.75, 3.05) is 13.7 Å². The van der Waals surface area contributed by atoms with Crippen molar-refractivity contribution < 1.29 is 22.9 Å². The fourth-order valence-corrected chi connectivity index (χ4v) is 5.72. The second-order valence-electron chi connectivity index (χ2n) is 5.80. The van der Waals surface area contributed by atoms with Crippen LogP contribution in [-0.2, 0) is 26.0 Å². The second-order valence-corrected chi connectivity index (χ2v) is 8.66. The van der Waals surface area contributed by atoms with Crippen LogP contribution in [0, 0.1) is 17.0 Å². The molecule has 1 aliphatic heterocycles. The molecule has 0 bridgehead atoms. The first-order valence-corrected chi connectivity index (χ1v) is 10.0. The van der Waals surface area contributed by atoms with Crippen LogP contribution in [0.5, 0.6) is 0 Å². The maximum atomic E-state index is 13.2. The highest BCUT2D eigenvalue weighted by atomic mass is 32.2. The average Bonchev–Trinajstić information content (AvgIpc) is 3.08. The Labute approximate surface area is 154 Å². The number of carbonyl (C=O) groups is 1. The SMILES string of the molecule is COC(=O)C1c2ccsc2CCN1S(=O)(=O)c1cc([N+](=O)[O-])ccc1C. The quantitative estimate of drug-likeness (QED) is 0.446. The molecule has 0 aliphatic carbocycles. The van der Waals surface area contributed by atoms with Gasteiger partial charge < -0.3 is 4.74 Å². The van der Waals surface area contributed by atoms with E-state index in [9.17, 15) is 23.3 Å². The van der Waals surface area contributed by atoms with E-state index in [0.29, 0.717) is 17.5 Å². The molecule has 1 aromatic heterocycles. The Morgan fingerprint density at radius 2 is 2.12 bits per heavy atom. The van der Waals surface area contributed by atoms with Crippen LogP contribution in [0.1, 0.15) is 22.0 Å². The number of rotatable bonds is 4. The number of nitro groups is 1. The van der Waals surface area contributed by atoms with E-state index >= 15 is 0 Å². The minimum absolute atomic E-state index is 0.0950. The summed E-state index contributed by atoms with van der Waals surface area (Å²) in [6.45, 7) is 1.65. The predicted octanol–water partition coefficient (Wildman–Crippen LogP) is 2.43. The molecule has 138 valence electrons. The van der Waals surface area contributed by atoms with E-state index in [2.05, 4.69) is 0 Å². The van der Waals surface area contributed by atoms with Crippen molar-refractivity contribution in [2.45, 2.75) is 24.3 Å². The number of non-ortho nitro benzene ring substituents is 1.